The summed E-state index contributed by atoms with van der Waals surface area (Å²) in [5.41, 5.74) is -0.248. The fourth-order valence-electron chi connectivity index (χ4n) is 1.02. The van der Waals surface area contributed by atoms with Crippen molar-refractivity contribution in [3.63, 3.8) is 0 Å². The van der Waals surface area contributed by atoms with E-state index in [9.17, 15) is 22.0 Å². The second-order valence-electron chi connectivity index (χ2n) is 2.83. The Morgan fingerprint density at radius 2 is 1.71 bits per heavy atom. The fourth-order valence-corrected chi connectivity index (χ4v) is 1.02. The van der Waals surface area contributed by atoms with Crippen LogP contribution >= 0.6 is 0 Å². The van der Waals surface area contributed by atoms with Crippen molar-refractivity contribution < 1.29 is 22.0 Å². The van der Waals surface area contributed by atoms with E-state index >= 15 is 0 Å². The highest BCUT2D eigenvalue weighted by Crippen LogP contribution is 2.23. The molecular formula is C9H7F5. The first-order valence-corrected chi connectivity index (χ1v) is 3.90. The maximum Gasteiger partial charge on any atom is 0.389 e. The molecule has 0 bridgehead atoms. The molecule has 1 aromatic carbocycles. The Kier molecular flexibility index (Phi) is 3.08. The molecule has 0 aliphatic rings. The van der Waals surface area contributed by atoms with Gasteiger partial charge < -0.3 is 0 Å². The molecule has 0 saturated carbocycles. The lowest BCUT2D eigenvalue weighted by molar-refractivity contribution is -0.134. The summed E-state index contributed by atoms with van der Waals surface area (Å²) in [7, 11) is 0. The number of aryl methyl sites for hydroxylation is 1. The first kappa shape index (κ1) is 10.9. The lowest BCUT2D eigenvalue weighted by Crippen LogP contribution is -2.09. The van der Waals surface area contributed by atoms with Crippen molar-refractivity contribution in [1.82, 2.24) is 0 Å². The predicted molar refractivity (Wildman–Crippen MR) is 40.7 cm³/mol. The standard InChI is InChI=1S/C9H7F5/c10-7-3-1-2-6(8(7)11)4-5-9(12,13)14/h1-3H,4-5H2. The number of benzene rings is 1. The Hall–Kier alpha value is -1.13. The van der Waals surface area contributed by atoms with E-state index in [4.69, 9.17) is 0 Å². The molecule has 0 N–H and O–H groups in total. The molecule has 78 valence electrons. The fraction of sp³-hybridized carbons (Fsp3) is 0.333. The lowest BCUT2D eigenvalue weighted by Gasteiger charge is -2.06. The minimum Gasteiger partial charge on any atom is -0.204 e. The highest BCUT2D eigenvalue weighted by atomic mass is 19.4. The van der Waals surface area contributed by atoms with Crippen LogP contribution in [-0.2, 0) is 6.42 Å². The Bertz CT molecular complexity index is 315. The van der Waals surface area contributed by atoms with Crippen molar-refractivity contribution >= 4 is 0 Å². The average Bonchev–Trinajstić information content (AvgIpc) is 2.06. The quantitative estimate of drug-likeness (QED) is 0.655. The summed E-state index contributed by atoms with van der Waals surface area (Å²) in [4.78, 5) is 0. The molecule has 0 heterocycles. The molecule has 0 saturated heterocycles. The maximum absolute atomic E-state index is 12.8. The zero-order valence-electron chi connectivity index (χ0n) is 7.04. The van der Waals surface area contributed by atoms with Gasteiger partial charge in [-0.2, -0.15) is 13.2 Å². The Balaban J connectivity index is 2.73. The van der Waals surface area contributed by atoms with Crippen LogP contribution in [0.3, 0.4) is 0 Å². The number of rotatable bonds is 2. The third-order valence-electron chi connectivity index (χ3n) is 1.71. The van der Waals surface area contributed by atoms with E-state index in [0.717, 1.165) is 12.1 Å². The second kappa shape index (κ2) is 3.94. The number of hydrogen-bond acceptors (Lipinski definition) is 0. The summed E-state index contributed by atoms with van der Waals surface area (Å²) >= 11 is 0. The van der Waals surface area contributed by atoms with Crippen molar-refractivity contribution in [2.45, 2.75) is 19.0 Å². The number of halogens is 5. The summed E-state index contributed by atoms with van der Waals surface area (Å²) in [5.74, 6) is -2.32. The number of hydrogen-bond donors (Lipinski definition) is 0. The van der Waals surface area contributed by atoms with Crippen molar-refractivity contribution in [3.05, 3.63) is 35.4 Å². The van der Waals surface area contributed by atoms with Crippen LogP contribution in [0.5, 0.6) is 0 Å². The van der Waals surface area contributed by atoms with Gasteiger partial charge in [-0.25, -0.2) is 8.78 Å². The molecule has 0 fully saturated rings. The zero-order valence-corrected chi connectivity index (χ0v) is 7.04. The van der Waals surface area contributed by atoms with Gasteiger partial charge in [-0.05, 0) is 18.1 Å². The van der Waals surface area contributed by atoms with Crippen molar-refractivity contribution in [2.24, 2.45) is 0 Å². The third kappa shape index (κ3) is 2.97. The van der Waals surface area contributed by atoms with Gasteiger partial charge in [0.05, 0.1) is 0 Å². The molecule has 0 amide bonds. The average molecular weight is 210 g/mol. The van der Waals surface area contributed by atoms with Crippen LogP contribution in [0.4, 0.5) is 22.0 Å². The molecule has 0 radical (unpaired) electrons. The van der Waals surface area contributed by atoms with Gasteiger partial charge in [0.2, 0.25) is 0 Å². The maximum atomic E-state index is 12.8. The normalized spacial score (nSPS) is 11.8. The van der Waals surface area contributed by atoms with Gasteiger partial charge in [0.25, 0.3) is 0 Å². The van der Waals surface area contributed by atoms with E-state index in [0.29, 0.717) is 0 Å². The predicted octanol–water partition coefficient (Wildman–Crippen LogP) is 3.46. The van der Waals surface area contributed by atoms with E-state index < -0.39 is 30.7 Å². The van der Waals surface area contributed by atoms with Crippen LogP contribution in [0.25, 0.3) is 0 Å². The SMILES string of the molecule is Fc1cccc(CCC(F)(F)F)c1F. The van der Waals surface area contributed by atoms with Gasteiger partial charge >= 0.3 is 6.18 Å². The number of alkyl halides is 3. The van der Waals surface area contributed by atoms with Gasteiger partial charge in [0.1, 0.15) is 0 Å². The van der Waals surface area contributed by atoms with Crippen LogP contribution < -0.4 is 0 Å². The van der Waals surface area contributed by atoms with E-state index in [2.05, 4.69) is 0 Å². The molecule has 1 rings (SSSR count). The molecule has 0 nitrogen and oxygen atoms in total. The molecule has 0 aliphatic carbocycles. The molecule has 14 heavy (non-hydrogen) atoms. The van der Waals surface area contributed by atoms with Crippen molar-refractivity contribution in [3.8, 4) is 0 Å². The highest BCUT2D eigenvalue weighted by molar-refractivity contribution is 5.19. The van der Waals surface area contributed by atoms with E-state index in [-0.39, 0.29) is 5.56 Å². The van der Waals surface area contributed by atoms with Crippen LogP contribution in [-0.4, -0.2) is 6.18 Å². The summed E-state index contributed by atoms with van der Waals surface area (Å²) in [5, 5.41) is 0. The van der Waals surface area contributed by atoms with Crippen LogP contribution in [0.2, 0.25) is 0 Å². The minimum absolute atomic E-state index is 0.248. The largest absolute Gasteiger partial charge is 0.389 e. The molecule has 0 unspecified atom stereocenters. The molecule has 0 aliphatic heterocycles. The van der Waals surface area contributed by atoms with E-state index in [1.807, 2.05) is 0 Å². The highest BCUT2D eigenvalue weighted by Gasteiger charge is 2.27. The van der Waals surface area contributed by atoms with Gasteiger partial charge in [-0.3, -0.25) is 0 Å². The van der Waals surface area contributed by atoms with E-state index in [1.54, 1.807) is 0 Å². The van der Waals surface area contributed by atoms with Crippen LogP contribution in [0.1, 0.15) is 12.0 Å². The van der Waals surface area contributed by atoms with Gasteiger partial charge in [-0.15, -0.1) is 0 Å². The Morgan fingerprint density at radius 3 is 2.29 bits per heavy atom. The summed E-state index contributed by atoms with van der Waals surface area (Å²) in [6.45, 7) is 0. The third-order valence-corrected chi connectivity index (χ3v) is 1.71. The Morgan fingerprint density at radius 1 is 1.07 bits per heavy atom. The molecule has 0 atom stereocenters. The van der Waals surface area contributed by atoms with Crippen LogP contribution in [0, 0.1) is 11.6 Å². The summed E-state index contributed by atoms with van der Waals surface area (Å²) in [6.07, 6.45) is -6.03. The molecule has 1 aromatic rings. The Labute approximate surface area is 77.4 Å². The van der Waals surface area contributed by atoms with Gasteiger partial charge in [-0.1, -0.05) is 12.1 Å². The van der Waals surface area contributed by atoms with Crippen molar-refractivity contribution in [1.29, 1.82) is 0 Å². The van der Waals surface area contributed by atoms with Gasteiger partial charge in [0, 0.05) is 6.42 Å². The molecule has 5 heteroatoms. The van der Waals surface area contributed by atoms with E-state index in [1.165, 1.54) is 6.07 Å². The minimum atomic E-state index is -4.35. The molecular weight excluding hydrogens is 203 g/mol. The lowest BCUT2D eigenvalue weighted by atomic mass is 10.1. The van der Waals surface area contributed by atoms with Crippen LogP contribution in [0.15, 0.2) is 18.2 Å². The molecule has 0 aromatic heterocycles. The first-order chi connectivity index (χ1) is 6.40. The monoisotopic (exact) mass is 210 g/mol. The second-order valence-corrected chi connectivity index (χ2v) is 2.83. The zero-order chi connectivity index (χ0) is 10.8. The smallest absolute Gasteiger partial charge is 0.204 e. The summed E-state index contributed by atoms with van der Waals surface area (Å²) < 4.78 is 60.6. The molecule has 0 spiro atoms. The topological polar surface area (TPSA) is 0 Å². The van der Waals surface area contributed by atoms with Gasteiger partial charge in [0.15, 0.2) is 11.6 Å². The van der Waals surface area contributed by atoms with Crippen molar-refractivity contribution in [2.75, 3.05) is 0 Å². The first-order valence-electron chi connectivity index (χ1n) is 3.90. The summed E-state index contributed by atoms with van der Waals surface area (Å²) in [6, 6.07) is 3.20.